The lowest BCUT2D eigenvalue weighted by atomic mass is 10.2. The number of ether oxygens (including phenoxy) is 1. The van der Waals surface area contributed by atoms with Crippen molar-refractivity contribution in [3.63, 3.8) is 0 Å². The molecule has 0 spiro atoms. The second-order valence-electron chi connectivity index (χ2n) is 5.12. The van der Waals surface area contributed by atoms with E-state index in [1.807, 2.05) is 24.5 Å². The minimum Gasteiger partial charge on any atom is -0.480 e. The maximum absolute atomic E-state index is 12.2. The summed E-state index contributed by atoms with van der Waals surface area (Å²) in [6.45, 7) is -0.688. The molecule has 0 saturated carbocycles. The number of hydrogen-bond donors (Lipinski definition) is 4. The number of rotatable bonds is 10. The van der Waals surface area contributed by atoms with E-state index in [1.165, 1.54) is 11.8 Å². The van der Waals surface area contributed by atoms with Gasteiger partial charge in [0.15, 0.2) is 0 Å². The average molecular weight is 370 g/mol. The van der Waals surface area contributed by atoms with E-state index < -0.39 is 36.7 Å². The molecule has 0 heterocycles. The van der Waals surface area contributed by atoms with Crippen molar-refractivity contribution >= 4 is 29.7 Å². The molecule has 25 heavy (non-hydrogen) atoms. The average Bonchev–Trinajstić information content (AvgIpc) is 2.61. The molecule has 1 aromatic rings. The third kappa shape index (κ3) is 7.90. The molecule has 0 radical (unpaired) electrons. The number of carboxylic acid groups (broad SMARTS) is 1. The monoisotopic (exact) mass is 370 g/mol. The van der Waals surface area contributed by atoms with Gasteiger partial charge in [0.2, 0.25) is 5.91 Å². The fourth-order valence-corrected chi connectivity index (χ4v) is 2.34. The summed E-state index contributed by atoms with van der Waals surface area (Å²) in [6.07, 6.45) is 1.36. The molecule has 2 amide bonds. The Labute approximate surface area is 149 Å². The van der Waals surface area contributed by atoms with Crippen LogP contribution in [-0.4, -0.2) is 58.9 Å². The van der Waals surface area contributed by atoms with Gasteiger partial charge < -0.3 is 25.6 Å². The molecular weight excluding hydrogens is 348 g/mol. The number of benzene rings is 1. The largest absolute Gasteiger partial charge is 0.480 e. The standard InChI is InChI=1S/C16H22N2O6S/c1-25-8-7-12(14(20)17-13(9-19)15(21)22)18-16(23)24-10-11-5-3-2-4-6-11/h2-6,12-13,19H,7-10H2,1H3,(H,17,20)(H,18,23)(H,21,22). The Bertz CT molecular complexity index is 569. The van der Waals surface area contributed by atoms with Crippen LogP contribution in [0.5, 0.6) is 0 Å². The molecular formula is C16H22N2O6S. The minimum absolute atomic E-state index is 0.0535. The number of carboxylic acids is 1. The molecule has 9 heteroatoms. The second kappa shape index (κ2) is 11.3. The Hall–Kier alpha value is -2.26. The van der Waals surface area contributed by atoms with Gasteiger partial charge in [-0.2, -0.15) is 11.8 Å². The number of aliphatic hydroxyl groups is 1. The van der Waals surface area contributed by atoms with Gasteiger partial charge in [0.25, 0.3) is 0 Å². The van der Waals surface area contributed by atoms with E-state index in [0.717, 1.165) is 5.56 Å². The smallest absolute Gasteiger partial charge is 0.408 e. The van der Waals surface area contributed by atoms with Crippen molar-refractivity contribution in [2.24, 2.45) is 0 Å². The van der Waals surface area contributed by atoms with Crippen LogP contribution in [0.25, 0.3) is 0 Å². The Morgan fingerprint density at radius 1 is 1.16 bits per heavy atom. The molecule has 0 saturated heterocycles. The van der Waals surface area contributed by atoms with Gasteiger partial charge >= 0.3 is 12.1 Å². The number of carbonyl (C=O) groups is 3. The van der Waals surface area contributed by atoms with Gasteiger partial charge in [-0.1, -0.05) is 30.3 Å². The van der Waals surface area contributed by atoms with Crippen LogP contribution in [0.1, 0.15) is 12.0 Å². The molecule has 0 aliphatic rings. The van der Waals surface area contributed by atoms with E-state index in [0.29, 0.717) is 12.2 Å². The number of hydrogen-bond acceptors (Lipinski definition) is 6. The highest BCUT2D eigenvalue weighted by Crippen LogP contribution is 2.04. The van der Waals surface area contributed by atoms with Gasteiger partial charge in [-0.05, 0) is 24.0 Å². The Kier molecular flexibility index (Phi) is 9.41. The van der Waals surface area contributed by atoms with Crippen molar-refractivity contribution in [1.82, 2.24) is 10.6 Å². The van der Waals surface area contributed by atoms with E-state index in [4.69, 9.17) is 14.9 Å². The topological polar surface area (TPSA) is 125 Å². The number of aliphatic carboxylic acids is 1. The van der Waals surface area contributed by atoms with Gasteiger partial charge in [0.05, 0.1) is 6.61 Å². The van der Waals surface area contributed by atoms with Gasteiger partial charge in [-0.25, -0.2) is 9.59 Å². The highest BCUT2D eigenvalue weighted by molar-refractivity contribution is 7.98. The fourth-order valence-electron chi connectivity index (χ4n) is 1.87. The van der Waals surface area contributed by atoms with Crippen LogP contribution in [0.2, 0.25) is 0 Å². The molecule has 0 aromatic heterocycles. The van der Waals surface area contributed by atoms with Gasteiger partial charge in [-0.15, -0.1) is 0 Å². The maximum Gasteiger partial charge on any atom is 0.408 e. The first kappa shape index (κ1) is 20.8. The lowest BCUT2D eigenvalue weighted by Gasteiger charge is -2.20. The number of amides is 2. The highest BCUT2D eigenvalue weighted by Gasteiger charge is 2.26. The molecule has 0 fully saturated rings. The van der Waals surface area contributed by atoms with Crippen molar-refractivity contribution in [2.75, 3.05) is 18.6 Å². The summed E-state index contributed by atoms with van der Waals surface area (Å²) in [5.74, 6) is -1.47. The molecule has 0 aliphatic heterocycles. The van der Waals surface area contributed by atoms with E-state index in [-0.39, 0.29) is 6.61 Å². The number of nitrogens with one attached hydrogen (secondary N) is 2. The maximum atomic E-state index is 12.2. The predicted molar refractivity (Wildman–Crippen MR) is 93.2 cm³/mol. The zero-order valence-electron chi connectivity index (χ0n) is 13.8. The summed E-state index contributed by atoms with van der Waals surface area (Å²) in [6, 6.07) is 6.68. The van der Waals surface area contributed by atoms with Crippen molar-refractivity contribution < 1.29 is 29.3 Å². The van der Waals surface area contributed by atoms with Crippen molar-refractivity contribution in [3.8, 4) is 0 Å². The van der Waals surface area contributed by atoms with Crippen molar-refractivity contribution in [1.29, 1.82) is 0 Å². The number of alkyl carbamates (subject to hydrolysis) is 1. The Balaban J connectivity index is 2.59. The fraction of sp³-hybridized carbons (Fsp3) is 0.438. The van der Waals surface area contributed by atoms with Gasteiger partial charge in [0, 0.05) is 0 Å². The SMILES string of the molecule is CSCCC(NC(=O)OCc1ccccc1)C(=O)NC(CO)C(=O)O. The van der Waals surface area contributed by atoms with Crippen LogP contribution < -0.4 is 10.6 Å². The lowest BCUT2D eigenvalue weighted by molar-refractivity contribution is -0.143. The summed E-state index contributed by atoms with van der Waals surface area (Å²) < 4.78 is 5.06. The van der Waals surface area contributed by atoms with Crippen LogP contribution in [-0.2, 0) is 20.9 Å². The van der Waals surface area contributed by atoms with Gasteiger partial charge in [-0.3, -0.25) is 4.79 Å². The molecule has 138 valence electrons. The molecule has 2 unspecified atom stereocenters. The summed E-state index contributed by atoms with van der Waals surface area (Å²) in [5.41, 5.74) is 0.800. The first-order valence-electron chi connectivity index (χ1n) is 7.58. The summed E-state index contributed by atoms with van der Waals surface area (Å²) in [7, 11) is 0. The molecule has 1 rings (SSSR count). The lowest BCUT2D eigenvalue weighted by Crippen LogP contribution is -2.53. The number of thioether (sulfide) groups is 1. The van der Waals surface area contributed by atoms with Crippen LogP contribution in [0.3, 0.4) is 0 Å². The van der Waals surface area contributed by atoms with Crippen LogP contribution in [0.4, 0.5) is 4.79 Å². The second-order valence-corrected chi connectivity index (χ2v) is 6.11. The zero-order chi connectivity index (χ0) is 18.7. The molecule has 0 bridgehead atoms. The summed E-state index contributed by atoms with van der Waals surface area (Å²) in [5, 5.41) is 22.5. The minimum atomic E-state index is -1.42. The van der Waals surface area contributed by atoms with Gasteiger partial charge in [0.1, 0.15) is 18.7 Å². The third-order valence-electron chi connectivity index (χ3n) is 3.23. The quantitative estimate of drug-likeness (QED) is 0.475. The summed E-state index contributed by atoms with van der Waals surface area (Å²) >= 11 is 1.48. The third-order valence-corrected chi connectivity index (χ3v) is 3.87. The normalized spacial score (nSPS) is 12.7. The number of aliphatic hydroxyl groups excluding tert-OH is 1. The first-order valence-corrected chi connectivity index (χ1v) is 8.97. The Morgan fingerprint density at radius 3 is 2.40 bits per heavy atom. The Morgan fingerprint density at radius 2 is 1.84 bits per heavy atom. The summed E-state index contributed by atoms with van der Waals surface area (Å²) in [4.78, 5) is 35.0. The predicted octanol–water partition coefficient (Wildman–Crippen LogP) is 0.596. The van der Waals surface area contributed by atoms with Crippen LogP contribution in [0, 0.1) is 0 Å². The molecule has 0 aliphatic carbocycles. The van der Waals surface area contributed by atoms with Crippen LogP contribution >= 0.6 is 11.8 Å². The zero-order valence-corrected chi connectivity index (χ0v) is 14.6. The number of carbonyl (C=O) groups excluding carboxylic acids is 2. The molecule has 2 atom stereocenters. The highest BCUT2D eigenvalue weighted by atomic mass is 32.2. The van der Waals surface area contributed by atoms with Crippen LogP contribution in [0.15, 0.2) is 30.3 Å². The molecule has 4 N–H and O–H groups in total. The van der Waals surface area contributed by atoms with E-state index in [1.54, 1.807) is 12.1 Å². The van der Waals surface area contributed by atoms with E-state index in [2.05, 4.69) is 10.6 Å². The van der Waals surface area contributed by atoms with Crippen molar-refractivity contribution in [3.05, 3.63) is 35.9 Å². The van der Waals surface area contributed by atoms with Crippen molar-refractivity contribution in [2.45, 2.75) is 25.1 Å². The molecule has 8 nitrogen and oxygen atoms in total. The van der Waals surface area contributed by atoms with E-state index >= 15 is 0 Å². The first-order chi connectivity index (χ1) is 12.0. The molecule has 1 aromatic carbocycles. The van der Waals surface area contributed by atoms with E-state index in [9.17, 15) is 14.4 Å².